The summed E-state index contributed by atoms with van der Waals surface area (Å²) >= 11 is 0. The van der Waals surface area contributed by atoms with E-state index in [2.05, 4.69) is 30.9 Å². The Balaban J connectivity index is 1.61. The van der Waals surface area contributed by atoms with Gasteiger partial charge in [-0.25, -0.2) is 0 Å². The van der Waals surface area contributed by atoms with Gasteiger partial charge >= 0.3 is 0 Å². The molecule has 4 nitrogen and oxygen atoms in total. The zero-order chi connectivity index (χ0) is 16.7. The summed E-state index contributed by atoms with van der Waals surface area (Å²) < 4.78 is 5.16. The Bertz CT molecular complexity index is 621. The van der Waals surface area contributed by atoms with Crippen LogP contribution in [0.25, 0.3) is 6.08 Å². The van der Waals surface area contributed by atoms with Crippen molar-refractivity contribution in [3.63, 3.8) is 0 Å². The standard InChI is InChI=1S/C19H26N2O2/c1-18(2)12-19(17(20)22)13-21(11-16(18)19)10-4-5-14-6-8-15(23-3)9-7-14/h4-9,16H,10-13H2,1-3H3,(H2,20,22)/b5-4+/t16-,19+/m1/s1. The number of methoxy groups -OCH3 is 1. The summed E-state index contributed by atoms with van der Waals surface area (Å²) in [4.78, 5) is 14.3. The molecule has 1 aromatic carbocycles. The van der Waals surface area contributed by atoms with Crippen LogP contribution in [0.3, 0.4) is 0 Å². The average molecular weight is 314 g/mol. The Hall–Kier alpha value is -1.81. The van der Waals surface area contributed by atoms with Gasteiger partial charge in [0.2, 0.25) is 5.91 Å². The van der Waals surface area contributed by atoms with E-state index in [4.69, 9.17) is 10.5 Å². The maximum Gasteiger partial charge on any atom is 0.225 e. The highest BCUT2D eigenvalue weighted by molar-refractivity contribution is 5.83. The molecule has 2 N–H and O–H groups in total. The lowest BCUT2D eigenvalue weighted by atomic mass is 9.48. The number of hydrogen-bond donors (Lipinski definition) is 1. The number of carbonyl (C=O) groups is 1. The van der Waals surface area contributed by atoms with Crippen LogP contribution in [0.5, 0.6) is 5.75 Å². The molecular weight excluding hydrogens is 288 g/mol. The second kappa shape index (κ2) is 5.68. The van der Waals surface area contributed by atoms with E-state index in [9.17, 15) is 4.79 Å². The normalized spacial score (nSPS) is 29.3. The van der Waals surface area contributed by atoms with E-state index in [1.807, 2.05) is 24.3 Å². The summed E-state index contributed by atoms with van der Waals surface area (Å²) in [5.41, 5.74) is 6.79. The van der Waals surface area contributed by atoms with Crippen LogP contribution in [-0.4, -0.2) is 37.6 Å². The summed E-state index contributed by atoms with van der Waals surface area (Å²) in [7, 11) is 1.67. The van der Waals surface area contributed by atoms with Crippen LogP contribution in [0.1, 0.15) is 25.8 Å². The number of hydrogen-bond acceptors (Lipinski definition) is 3. The van der Waals surface area contributed by atoms with Crippen molar-refractivity contribution in [2.75, 3.05) is 26.7 Å². The second-order valence-electron chi connectivity index (χ2n) is 7.61. The predicted molar refractivity (Wildman–Crippen MR) is 92.0 cm³/mol. The van der Waals surface area contributed by atoms with Gasteiger partial charge in [-0.2, -0.15) is 0 Å². The third kappa shape index (κ3) is 2.76. The monoisotopic (exact) mass is 314 g/mol. The van der Waals surface area contributed by atoms with E-state index in [0.717, 1.165) is 37.4 Å². The highest BCUT2D eigenvalue weighted by Crippen LogP contribution is 2.62. The highest BCUT2D eigenvalue weighted by atomic mass is 16.5. The number of nitrogens with zero attached hydrogens (tertiary/aromatic N) is 1. The average Bonchev–Trinajstić information content (AvgIpc) is 2.83. The SMILES string of the molecule is COc1ccc(/C=C/CN2C[C@@H]3C(C)(C)C[C@]3(C(N)=O)C2)cc1. The maximum absolute atomic E-state index is 11.9. The van der Waals surface area contributed by atoms with Gasteiger partial charge in [0.15, 0.2) is 0 Å². The number of benzene rings is 1. The van der Waals surface area contributed by atoms with Crippen molar-refractivity contribution < 1.29 is 9.53 Å². The molecular formula is C19H26N2O2. The molecule has 0 spiro atoms. The van der Waals surface area contributed by atoms with Crippen LogP contribution in [-0.2, 0) is 4.79 Å². The fraction of sp³-hybridized carbons (Fsp3) is 0.526. The van der Waals surface area contributed by atoms with E-state index in [-0.39, 0.29) is 16.7 Å². The first-order valence-corrected chi connectivity index (χ1v) is 8.20. The van der Waals surface area contributed by atoms with Gasteiger partial charge in [0.1, 0.15) is 5.75 Å². The molecule has 1 aliphatic carbocycles. The molecule has 1 heterocycles. The van der Waals surface area contributed by atoms with E-state index in [1.54, 1.807) is 7.11 Å². The van der Waals surface area contributed by atoms with Crippen molar-refractivity contribution in [3.8, 4) is 5.75 Å². The minimum absolute atomic E-state index is 0.122. The van der Waals surface area contributed by atoms with Crippen LogP contribution < -0.4 is 10.5 Å². The molecule has 1 aromatic rings. The van der Waals surface area contributed by atoms with Gasteiger partial charge in [0, 0.05) is 19.6 Å². The first-order valence-electron chi connectivity index (χ1n) is 8.20. The molecule has 124 valence electrons. The minimum Gasteiger partial charge on any atom is -0.497 e. The van der Waals surface area contributed by atoms with Gasteiger partial charge in [0.25, 0.3) is 0 Å². The number of amides is 1. The van der Waals surface area contributed by atoms with Gasteiger partial charge in [-0.15, -0.1) is 0 Å². The lowest BCUT2D eigenvalue weighted by molar-refractivity contribution is -0.148. The molecule has 4 heteroatoms. The summed E-state index contributed by atoms with van der Waals surface area (Å²) in [6.07, 6.45) is 5.19. The lowest BCUT2D eigenvalue weighted by Crippen LogP contribution is -2.59. The van der Waals surface area contributed by atoms with E-state index in [0.29, 0.717) is 5.92 Å². The molecule has 0 radical (unpaired) electrons. The number of fused-ring (bicyclic) bond motifs is 1. The molecule has 1 aliphatic heterocycles. The Labute approximate surface area is 138 Å². The number of nitrogens with two attached hydrogens (primary N) is 1. The van der Waals surface area contributed by atoms with E-state index < -0.39 is 0 Å². The Morgan fingerprint density at radius 2 is 2.09 bits per heavy atom. The number of likely N-dealkylation sites (tertiary alicyclic amines) is 1. The largest absolute Gasteiger partial charge is 0.497 e. The van der Waals surface area contributed by atoms with Crippen molar-refractivity contribution in [2.45, 2.75) is 20.3 Å². The molecule has 2 aliphatic rings. The fourth-order valence-corrected chi connectivity index (χ4v) is 4.51. The number of ether oxygens (including phenoxy) is 1. The molecule has 23 heavy (non-hydrogen) atoms. The van der Waals surface area contributed by atoms with E-state index >= 15 is 0 Å². The van der Waals surface area contributed by atoms with Gasteiger partial charge in [0.05, 0.1) is 12.5 Å². The van der Waals surface area contributed by atoms with Gasteiger partial charge < -0.3 is 10.5 Å². The zero-order valence-electron chi connectivity index (χ0n) is 14.2. The quantitative estimate of drug-likeness (QED) is 0.908. The van der Waals surface area contributed by atoms with Crippen LogP contribution in [0.4, 0.5) is 0 Å². The summed E-state index contributed by atoms with van der Waals surface area (Å²) in [6, 6.07) is 7.99. The molecule has 1 amide bonds. The van der Waals surface area contributed by atoms with Crippen LogP contribution in [0.15, 0.2) is 30.3 Å². The molecule has 3 rings (SSSR count). The second-order valence-corrected chi connectivity index (χ2v) is 7.61. The Morgan fingerprint density at radius 3 is 2.61 bits per heavy atom. The van der Waals surface area contributed by atoms with Crippen molar-refractivity contribution in [1.29, 1.82) is 0 Å². The molecule has 2 atom stereocenters. The van der Waals surface area contributed by atoms with Crippen molar-refractivity contribution in [2.24, 2.45) is 22.5 Å². The zero-order valence-corrected chi connectivity index (χ0v) is 14.2. The third-order valence-corrected chi connectivity index (χ3v) is 5.61. The number of rotatable bonds is 5. The highest BCUT2D eigenvalue weighted by Gasteiger charge is 2.65. The molecule has 0 unspecified atom stereocenters. The van der Waals surface area contributed by atoms with Crippen molar-refractivity contribution in [1.82, 2.24) is 4.90 Å². The van der Waals surface area contributed by atoms with Crippen molar-refractivity contribution >= 4 is 12.0 Å². The van der Waals surface area contributed by atoms with Crippen LogP contribution in [0, 0.1) is 16.7 Å². The first-order chi connectivity index (χ1) is 10.9. The van der Waals surface area contributed by atoms with Gasteiger partial charge in [-0.1, -0.05) is 38.1 Å². The molecule has 1 saturated carbocycles. The van der Waals surface area contributed by atoms with Crippen LogP contribution in [0.2, 0.25) is 0 Å². The molecule has 1 saturated heterocycles. The predicted octanol–water partition coefficient (Wildman–Crippen LogP) is 2.54. The summed E-state index contributed by atoms with van der Waals surface area (Å²) in [5, 5.41) is 0. The lowest BCUT2D eigenvalue weighted by Gasteiger charge is -2.54. The van der Waals surface area contributed by atoms with E-state index in [1.165, 1.54) is 0 Å². The van der Waals surface area contributed by atoms with Crippen LogP contribution >= 0.6 is 0 Å². The molecule has 0 aromatic heterocycles. The smallest absolute Gasteiger partial charge is 0.225 e. The fourth-order valence-electron chi connectivity index (χ4n) is 4.51. The topological polar surface area (TPSA) is 55.6 Å². The van der Waals surface area contributed by atoms with Crippen molar-refractivity contribution in [3.05, 3.63) is 35.9 Å². The van der Waals surface area contributed by atoms with Gasteiger partial charge in [-0.3, -0.25) is 9.69 Å². The number of primary amides is 1. The molecule has 0 bridgehead atoms. The molecule has 2 fully saturated rings. The minimum atomic E-state index is -0.294. The maximum atomic E-state index is 11.9. The first kappa shape index (κ1) is 16.1. The summed E-state index contributed by atoms with van der Waals surface area (Å²) in [5.74, 6) is 1.13. The third-order valence-electron chi connectivity index (χ3n) is 5.61. The van der Waals surface area contributed by atoms with Gasteiger partial charge in [-0.05, 0) is 35.4 Å². The number of carbonyl (C=O) groups excluding carboxylic acids is 1. The Morgan fingerprint density at radius 1 is 1.39 bits per heavy atom. The summed E-state index contributed by atoms with van der Waals surface area (Å²) in [6.45, 7) is 7.10. The Kier molecular flexibility index (Phi) is 3.96.